The summed E-state index contributed by atoms with van der Waals surface area (Å²) < 4.78 is 32.2. The van der Waals surface area contributed by atoms with E-state index in [9.17, 15) is 18.0 Å². The monoisotopic (exact) mass is 367 g/mol. The van der Waals surface area contributed by atoms with Crippen molar-refractivity contribution in [3.8, 4) is 0 Å². The molecule has 2 aliphatic rings. The number of amides is 2. The van der Waals surface area contributed by atoms with Gasteiger partial charge in [0, 0.05) is 31.9 Å². The van der Waals surface area contributed by atoms with E-state index < -0.39 is 16.1 Å². The van der Waals surface area contributed by atoms with Gasteiger partial charge >= 0.3 is 6.09 Å². The maximum Gasteiger partial charge on any atom is 0.409 e. The molecule has 2 aliphatic heterocycles. The summed E-state index contributed by atoms with van der Waals surface area (Å²) >= 11 is 0. The van der Waals surface area contributed by atoms with Gasteiger partial charge in [-0.3, -0.25) is 4.79 Å². The molecule has 0 aromatic heterocycles. The third kappa shape index (κ3) is 3.62. The topological polar surface area (TPSA) is 96.0 Å². The average molecular weight is 367 g/mol. The number of benzene rings is 1. The minimum atomic E-state index is -3.67. The number of hydrogen-bond donors (Lipinski definition) is 1. The molecular weight excluding hydrogens is 346 g/mol. The lowest BCUT2D eigenvalue weighted by Gasteiger charge is -2.21. The Kier molecular flexibility index (Phi) is 4.96. The van der Waals surface area contributed by atoms with Crippen LogP contribution >= 0.6 is 0 Å². The van der Waals surface area contributed by atoms with E-state index in [1.165, 1.54) is 15.3 Å². The average Bonchev–Trinajstić information content (AvgIpc) is 2.78. The molecule has 0 atom stereocenters. The van der Waals surface area contributed by atoms with Gasteiger partial charge in [0.25, 0.3) is 0 Å². The van der Waals surface area contributed by atoms with Crippen LogP contribution in [-0.4, -0.2) is 62.4 Å². The molecule has 25 heavy (non-hydrogen) atoms. The van der Waals surface area contributed by atoms with Crippen LogP contribution in [0.1, 0.15) is 18.9 Å². The standard InChI is InChI=1S/C16H21N3O5S/c1-2-24-16(21)18-6-3-7-19(9-8-18)25(22,23)13-4-5-14-12(10-13)11-15(20)17-14/h4-5,10H,2-3,6-9,11H2,1H3,(H,17,20). The minimum absolute atomic E-state index is 0.135. The zero-order valence-electron chi connectivity index (χ0n) is 14.0. The van der Waals surface area contributed by atoms with Crippen LogP contribution in [0.15, 0.2) is 23.1 Å². The van der Waals surface area contributed by atoms with Crippen molar-refractivity contribution in [2.24, 2.45) is 0 Å². The largest absolute Gasteiger partial charge is 0.450 e. The second-order valence-electron chi connectivity index (χ2n) is 5.99. The summed E-state index contributed by atoms with van der Waals surface area (Å²) in [5.41, 5.74) is 1.35. The molecule has 2 amide bonds. The van der Waals surface area contributed by atoms with Crippen molar-refractivity contribution in [3.63, 3.8) is 0 Å². The number of carbonyl (C=O) groups excluding carboxylic acids is 2. The summed E-state index contributed by atoms with van der Waals surface area (Å²) in [6, 6.07) is 4.68. The van der Waals surface area contributed by atoms with Crippen LogP contribution in [0, 0.1) is 0 Å². The first-order valence-electron chi connectivity index (χ1n) is 8.26. The van der Waals surface area contributed by atoms with Crippen molar-refractivity contribution in [3.05, 3.63) is 23.8 Å². The quantitative estimate of drug-likeness (QED) is 0.861. The second-order valence-corrected chi connectivity index (χ2v) is 7.93. The van der Waals surface area contributed by atoms with Gasteiger partial charge < -0.3 is 15.0 Å². The molecule has 0 saturated carbocycles. The zero-order valence-corrected chi connectivity index (χ0v) is 14.8. The van der Waals surface area contributed by atoms with Gasteiger partial charge in [-0.05, 0) is 37.1 Å². The lowest BCUT2D eigenvalue weighted by molar-refractivity contribution is -0.115. The first-order chi connectivity index (χ1) is 11.9. The number of rotatable bonds is 3. The fourth-order valence-electron chi connectivity index (χ4n) is 3.05. The first kappa shape index (κ1) is 17.7. The molecule has 0 spiro atoms. The fraction of sp³-hybridized carbons (Fsp3) is 0.500. The van der Waals surface area contributed by atoms with Gasteiger partial charge in [-0.1, -0.05) is 0 Å². The molecule has 1 aromatic rings. The van der Waals surface area contributed by atoms with E-state index in [1.54, 1.807) is 19.1 Å². The molecule has 8 nitrogen and oxygen atoms in total. The van der Waals surface area contributed by atoms with E-state index in [-0.39, 0.29) is 23.8 Å². The number of carbonyl (C=O) groups is 2. The summed E-state index contributed by atoms with van der Waals surface area (Å²) in [6.07, 6.45) is 0.321. The highest BCUT2D eigenvalue weighted by molar-refractivity contribution is 7.89. The van der Waals surface area contributed by atoms with Crippen molar-refractivity contribution in [2.75, 3.05) is 38.1 Å². The van der Waals surface area contributed by atoms with Gasteiger partial charge in [0.2, 0.25) is 15.9 Å². The van der Waals surface area contributed by atoms with Crippen molar-refractivity contribution in [1.29, 1.82) is 0 Å². The highest BCUT2D eigenvalue weighted by atomic mass is 32.2. The third-order valence-corrected chi connectivity index (χ3v) is 6.22. The number of ether oxygens (including phenoxy) is 1. The van der Waals surface area contributed by atoms with Gasteiger partial charge in [-0.2, -0.15) is 4.31 Å². The van der Waals surface area contributed by atoms with Crippen LogP contribution < -0.4 is 5.32 Å². The van der Waals surface area contributed by atoms with Crippen LogP contribution in [0.5, 0.6) is 0 Å². The smallest absolute Gasteiger partial charge is 0.409 e. The maximum atomic E-state index is 12.9. The van der Waals surface area contributed by atoms with Crippen LogP contribution in [0.4, 0.5) is 10.5 Å². The number of anilines is 1. The molecule has 0 unspecified atom stereocenters. The maximum absolute atomic E-state index is 12.9. The highest BCUT2D eigenvalue weighted by Crippen LogP contribution is 2.27. The molecule has 0 aliphatic carbocycles. The molecule has 0 radical (unpaired) electrons. The number of hydrogen-bond acceptors (Lipinski definition) is 5. The van der Waals surface area contributed by atoms with E-state index >= 15 is 0 Å². The van der Waals surface area contributed by atoms with Crippen molar-refractivity contribution in [2.45, 2.75) is 24.7 Å². The molecule has 2 heterocycles. The molecular formula is C16H21N3O5S. The zero-order chi connectivity index (χ0) is 18.0. The molecule has 1 saturated heterocycles. The van der Waals surface area contributed by atoms with E-state index in [0.717, 1.165) is 0 Å². The van der Waals surface area contributed by atoms with Crippen LogP contribution in [0.25, 0.3) is 0 Å². The third-order valence-electron chi connectivity index (χ3n) is 4.32. The van der Waals surface area contributed by atoms with E-state index in [0.29, 0.717) is 43.9 Å². The Hall–Kier alpha value is -2.13. The van der Waals surface area contributed by atoms with Gasteiger partial charge in [-0.25, -0.2) is 13.2 Å². The van der Waals surface area contributed by atoms with Crippen LogP contribution in [0.3, 0.4) is 0 Å². The number of nitrogens with one attached hydrogen (secondary N) is 1. The molecule has 0 bridgehead atoms. The molecule has 1 fully saturated rings. The Morgan fingerprint density at radius 3 is 2.80 bits per heavy atom. The Balaban J connectivity index is 1.76. The van der Waals surface area contributed by atoms with Crippen LogP contribution in [0.2, 0.25) is 0 Å². The highest BCUT2D eigenvalue weighted by Gasteiger charge is 2.30. The first-order valence-corrected chi connectivity index (χ1v) is 9.70. The summed E-state index contributed by atoms with van der Waals surface area (Å²) in [7, 11) is -3.67. The second kappa shape index (κ2) is 7.01. The Labute approximate surface area is 146 Å². The predicted octanol–water partition coefficient (Wildman–Crippen LogP) is 1.03. The molecule has 1 aromatic carbocycles. The summed E-state index contributed by atoms with van der Waals surface area (Å²) in [5.74, 6) is -0.135. The lowest BCUT2D eigenvalue weighted by Crippen LogP contribution is -2.37. The number of sulfonamides is 1. The van der Waals surface area contributed by atoms with E-state index in [4.69, 9.17) is 4.74 Å². The van der Waals surface area contributed by atoms with Gasteiger partial charge in [-0.15, -0.1) is 0 Å². The van der Waals surface area contributed by atoms with Crippen molar-refractivity contribution < 1.29 is 22.7 Å². The Morgan fingerprint density at radius 1 is 1.24 bits per heavy atom. The van der Waals surface area contributed by atoms with E-state index in [1.807, 2.05) is 0 Å². The lowest BCUT2D eigenvalue weighted by atomic mass is 10.2. The van der Waals surface area contributed by atoms with Crippen molar-refractivity contribution >= 4 is 27.7 Å². The Bertz CT molecular complexity index is 793. The van der Waals surface area contributed by atoms with Gasteiger partial charge in [0.05, 0.1) is 17.9 Å². The number of nitrogens with zero attached hydrogens (tertiary/aromatic N) is 2. The molecule has 9 heteroatoms. The number of fused-ring (bicyclic) bond motifs is 1. The summed E-state index contributed by atoms with van der Waals surface area (Å²) in [5, 5.41) is 2.69. The molecule has 3 rings (SSSR count). The van der Waals surface area contributed by atoms with Gasteiger partial charge in [0.1, 0.15) is 0 Å². The Morgan fingerprint density at radius 2 is 2.04 bits per heavy atom. The normalized spacial score (nSPS) is 18.4. The summed E-state index contributed by atoms with van der Waals surface area (Å²) in [6.45, 7) is 3.34. The minimum Gasteiger partial charge on any atom is -0.450 e. The van der Waals surface area contributed by atoms with Crippen molar-refractivity contribution in [1.82, 2.24) is 9.21 Å². The fourth-order valence-corrected chi connectivity index (χ4v) is 4.57. The predicted molar refractivity (Wildman–Crippen MR) is 90.7 cm³/mol. The van der Waals surface area contributed by atoms with Gasteiger partial charge in [0.15, 0.2) is 0 Å². The van der Waals surface area contributed by atoms with Crippen LogP contribution in [-0.2, 0) is 26.0 Å². The molecule has 136 valence electrons. The SMILES string of the molecule is CCOC(=O)N1CCCN(S(=O)(=O)c2ccc3c(c2)CC(=O)N3)CC1. The molecule has 1 N–H and O–H groups in total. The summed E-state index contributed by atoms with van der Waals surface area (Å²) in [4.78, 5) is 25.0. The van der Waals surface area contributed by atoms with E-state index in [2.05, 4.69) is 5.32 Å².